The SMILES string of the molecule is CCCCCCCC/C=C\C/C=C\C/C=C\CCCC(=O)O[C@H](COC(=O)CCC/C=C\C/C=C\C/C=C\C/C=C\C=C\[C@@H](O)CC)COP(=O)(O)OC[C@H](N)C(=O)O. The maximum Gasteiger partial charge on any atom is 0.472 e. The highest BCUT2D eigenvalue weighted by Gasteiger charge is 2.28. The van der Waals surface area contributed by atoms with Crippen LogP contribution in [-0.4, -0.2) is 71.1 Å². The monoisotopic (exact) mass is 847 g/mol. The van der Waals surface area contributed by atoms with Gasteiger partial charge in [-0.05, 0) is 77.0 Å². The van der Waals surface area contributed by atoms with Gasteiger partial charge in [-0.25, -0.2) is 4.57 Å². The first-order valence-corrected chi connectivity index (χ1v) is 22.9. The first-order chi connectivity index (χ1) is 28.5. The number of carboxylic acids is 1. The summed E-state index contributed by atoms with van der Waals surface area (Å²) in [5, 5.41) is 18.4. The van der Waals surface area contributed by atoms with Gasteiger partial charge in [-0.1, -0.05) is 143 Å². The molecule has 0 rings (SSSR count). The minimum Gasteiger partial charge on any atom is -0.480 e. The van der Waals surface area contributed by atoms with Gasteiger partial charge in [-0.3, -0.25) is 23.4 Å². The molecule has 1 unspecified atom stereocenters. The highest BCUT2D eigenvalue weighted by Crippen LogP contribution is 2.43. The summed E-state index contributed by atoms with van der Waals surface area (Å²) in [6, 6.07) is -1.55. The summed E-state index contributed by atoms with van der Waals surface area (Å²) >= 11 is 0. The van der Waals surface area contributed by atoms with Crippen LogP contribution in [-0.2, 0) is 37.5 Å². The van der Waals surface area contributed by atoms with Crippen molar-refractivity contribution in [1.29, 1.82) is 0 Å². The number of aliphatic hydroxyl groups excluding tert-OH is 1. The van der Waals surface area contributed by atoms with E-state index in [1.165, 1.54) is 38.5 Å². The molecule has 4 atom stereocenters. The topological polar surface area (TPSA) is 192 Å². The summed E-state index contributed by atoms with van der Waals surface area (Å²) in [4.78, 5) is 45.9. The third kappa shape index (κ3) is 39.6. The Bertz CT molecular complexity index is 1380. The maximum absolute atomic E-state index is 12.6. The number of unbranched alkanes of at least 4 members (excludes halogenated alkanes) is 8. The molecule has 0 aromatic carbocycles. The van der Waals surface area contributed by atoms with E-state index < -0.39 is 63.8 Å². The number of aliphatic carboxylic acids is 1. The molecular weight excluding hydrogens is 773 g/mol. The second-order valence-corrected chi connectivity index (χ2v) is 15.4. The number of hydrogen-bond donors (Lipinski definition) is 4. The van der Waals surface area contributed by atoms with Crippen LogP contribution in [0.3, 0.4) is 0 Å². The van der Waals surface area contributed by atoms with Gasteiger partial charge in [-0.15, -0.1) is 0 Å². The molecule has 13 heteroatoms. The minimum absolute atomic E-state index is 0.0644. The van der Waals surface area contributed by atoms with Crippen molar-refractivity contribution in [1.82, 2.24) is 0 Å². The molecule has 0 fully saturated rings. The quantitative estimate of drug-likeness (QED) is 0.0151. The van der Waals surface area contributed by atoms with E-state index in [9.17, 15) is 28.9 Å². The number of allylic oxidation sites excluding steroid dienone is 15. The molecule has 59 heavy (non-hydrogen) atoms. The Hall–Kier alpha value is -3.64. The highest BCUT2D eigenvalue weighted by atomic mass is 31.2. The number of carbonyl (C=O) groups excluding carboxylic acids is 2. The van der Waals surface area contributed by atoms with Gasteiger partial charge in [0.2, 0.25) is 0 Å². The second-order valence-electron chi connectivity index (χ2n) is 13.9. The third-order valence-corrected chi connectivity index (χ3v) is 9.42. The Morgan fingerprint density at radius 2 is 1.08 bits per heavy atom. The normalized spacial score (nSPS) is 15.2. The molecule has 0 spiro atoms. The van der Waals surface area contributed by atoms with E-state index in [0.29, 0.717) is 32.1 Å². The summed E-state index contributed by atoms with van der Waals surface area (Å²) < 4.78 is 32.5. The number of hydrogen-bond acceptors (Lipinski definition) is 10. The molecule has 0 aromatic rings. The third-order valence-electron chi connectivity index (χ3n) is 8.47. The number of phosphoric ester groups is 1. The summed E-state index contributed by atoms with van der Waals surface area (Å²) in [5.41, 5.74) is 5.32. The van der Waals surface area contributed by atoms with Crippen molar-refractivity contribution in [2.75, 3.05) is 19.8 Å². The summed E-state index contributed by atoms with van der Waals surface area (Å²) in [6.45, 7) is 2.33. The number of carboxylic acid groups (broad SMARTS) is 1. The minimum atomic E-state index is -4.76. The molecule has 5 N–H and O–H groups in total. The Balaban J connectivity index is 4.59. The van der Waals surface area contributed by atoms with Crippen molar-refractivity contribution in [3.8, 4) is 0 Å². The molecule has 0 amide bonds. The Morgan fingerprint density at radius 3 is 1.63 bits per heavy atom. The molecule has 334 valence electrons. The molecule has 0 aliphatic carbocycles. The average molecular weight is 848 g/mol. The van der Waals surface area contributed by atoms with Crippen LogP contribution in [0.25, 0.3) is 0 Å². The largest absolute Gasteiger partial charge is 0.480 e. The lowest BCUT2D eigenvalue weighted by atomic mass is 10.1. The van der Waals surface area contributed by atoms with E-state index >= 15 is 0 Å². The lowest BCUT2D eigenvalue weighted by Crippen LogP contribution is -2.34. The number of ether oxygens (including phenoxy) is 2. The van der Waals surface area contributed by atoms with Crippen LogP contribution in [0, 0.1) is 0 Å². The fraction of sp³-hybridized carbons (Fsp3) is 0.587. The maximum atomic E-state index is 12.6. The van der Waals surface area contributed by atoms with E-state index in [-0.39, 0.29) is 12.8 Å². The van der Waals surface area contributed by atoms with Crippen LogP contribution in [0.4, 0.5) is 0 Å². The molecule has 0 aliphatic rings. The zero-order chi connectivity index (χ0) is 43.7. The lowest BCUT2D eigenvalue weighted by Gasteiger charge is -2.20. The molecule has 12 nitrogen and oxygen atoms in total. The van der Waals surface area contributed by atoms with E-state index in [0.717, 1.165) is 38.5 Å². The van der Waals surface area contributed by atoms with Gasteiger partial charge >= 0.3 is 25.7 Å². The molecule has 0 radical (unpaired) electrons. The second kappa shape index (κ2) is 39.8. The Labute approximate surface area is 354 Å². The average Bonchev–Trinajstić information content (AvgIpc) is 3.21. The Morgan fingerprint density at radius 1 is 0.610 bits per heavy atom. The van der Waals surface area contributed by atoms with Crippen LogP contribution in [0.2, 0.25) is 0 Å². The predicted molar refractivity (Wildman–Crippen MR) is 236 cm³/mol. The fourth-order valence-corrected chi connectivity index (χ4v) is 5.73. The number of esters is 2. The van der Waals surface area contributed by atoms with E-state index in [4.69, 9.17) is 24.8 Å². The van der Waals surface area contributed by atoms with Crippen molar-refractivity contribution in [2.45, 2.75) is 154 Å². The van der Waals surface area contributed by atoms with Crippen LogP contribution in [0.15, 0.2) is 97.2 Å². The van der Waals surface area contributed by atoms with E-state index in [1.807, 2.05) is 49.5 Å². The molecule has 0 saturated carbocycles. The van der Waals surface area contributed by atoms with Gasteiger partial charge in [0.25, 0.3) is 0 Å². The summed E-state index contributed by atoms with van der Waals surface area (Å²) in [5.74, 6) is -2.56. The first kappa shape index (κ1) is 55.4. The van der Waals surface area contributed by atoms with Gasteiger partial charge in [-0.2, -0.15) is 0 Å². The van der Waals surface area contributed by atoms with Gasteiger partial charge in [0.05, 0.1) is 19.3 Å². The van der Waals surface area contributed by atoms with Gasteiger partial charge in [0.1, 0.15) is 12.6 Å². The molecular formula is C46H74NO11P. The van der Waals surface area contributed by atoms with Crippen LogP contribution in [0.5, 0.6) is 0 Å². The zero-order valence-corrected chi connectivity index (χ0v) is 36.6. The number of aliphatic hydroxyl groups is 1. The van der Waals surface area contributed by atoms with Gasteiger partial charge in [0.15, 0.2) is 6.10 Å². The van der Waals surface area contributed by atoms with E-state index in [1.54, 1.807) is 6.08 Å². The number of phosphoric acid groups is 1. The van der Waals surface area contributed by atoms with Gasteiger partial charge < -0.3 is 30.3 Å². The fourth-order valence-electron chi connectivity index (χ4n) is 4.95. The summed E-state index contributed by atoms with van der Waals surface area (Å²) in [7, 11) is -4.76. The Kier molecular flexibility index (Phi) is 37.3. The molecule has 0 aromatic heterocycles. The van der Waals surface area contributed by atoms with Crippen molar-refractivity contribution < 1.29 is 52.6 Å². The molecule has 0 aliphatic heterocycles. The van der Waals surface area contributed by atoms with Crippen LogP contribution in [0.1, 0.15) is 136 Å². The lowest BCUT2D eigenvalue weighted by molar-refractivity contribution is -0.161. The van der Waals surface area contributed by atoms with Crippen molar-refractivity contribution in [3.63, 3.8) is 0 Å². The number of nitrogens with two attached hydrogens (primary N) is 1. The zero-order valence-electron chi connectivity index (χ0n) is 35.7. The highest BCUT2D eigenvalue weighted by molar-refractivity contribution is 7.47. The standard InChI is InChI=1S/C46H74NO11P/c1-3-5-6-7-8-9-10-11-12-13-14-19-22-25-28-31-34-37-45(50)58-42(39-56-59(53,54)57-40-43(47)46(51)52)38-55-44(49)36-33-30-27-24-21-18-16-15-17-20-23-26-29-32-35-41(48)4-2/h11-12,14,16-20,24-29,32,35,41-43,48H,3-10,13,15,21-23,30-31,33-34,36-40,47H2,1-2H3,(H,51,52)(H,53,54)/b12-11-,18-16-,19-14-,20-17-,27-24-,28-25-,29-26-,35-32+/t41-,42+,43-/m0/s1. The number of rotatable bonds is 38. The van der Waals surface area contributed by atoms with Gasteiger partial charge in [0, 0.05) is 12.8 Å². The first-order valence-electron chi connectivity index (χ1n) is 21.4. The summed E-state index contributed by atoms with van der Waals surface area (Å²) in [6.07, 6.45) is 47.3. The molecule has 0 heterocycles. The van der Waals surface area contributed by atoms with Crippen molar-refractivity contribution >= 4 is 25.7 Å². The van der Waals surface area contributed by atoms with Crippen molar-refractivity contribution in [2.24, 2.45) is 5.73 Å². The molecule has 0 saturated heterocycles. The van der Waals surface area contributed by atoms with E-state index in [2.05, 4.69) is 60.1 Å². The number of carbonyl (C=O) groups is 3. The smallest absolute Gasteiger partial charge is 0.472 e. The molecule has 0 bridgehead atoms. The van der Waals surface area contributed by atoms with Crippen LogP contribution >= 0.6 is 7.82 Å². The predicted octanol–water partition coefficient (Wildman–Crippen LogP) is 10.2. The van der Waals surface area contributed by atoms with Crippen molar-refractivity contribution in [3.05, 3.63) is 97.2 Å². The van der Waals surface area contributed by atoms with Crippen LogP contribution < -0.4 is 5.73 Å².